The van der Waals surface area contributed by atoms with Crippen LogP contribution in [-0.4, -0.2) is 51.0 Å². The maximum atomic E-state index is 11.7. The molecule has 4 atom stereocenters. The standard InChI is InChI=1S/C11H17NO5/c1-11(2,3)17-10(16)12-7-5(9(12)15)4-6(13)8(7)14/h5-8,13-14H,4H2,1-3H3/t5-,6-,7-,8-/m1/s1. The van der Waals surface area contributed by atoms with Gasteiger partial charge in [-0.1, -0.05) is 0 Å². The van der Waals surface area contributed by atoms with Crippen LogP contribution in [-0.2, 0) is 9.53 Å². The summed E-state index contributed by atoms with van der Waals surface area (Å²) in [6, 6.07) is -0.632. The molecular weight excluding hydrogens is 226 g/mol. The smallest absolute Gasteiger partial charge is 0.417 e. The van der Waals surface area contributed by atoms with E-state index in [-0.39, 0.29) is 12.3 Å². The van der Waals surface area contributed by atoms with Crippen LogP contribution in [0.4, 0.5) is 4.79 Å². The van der Waals surface area contributed by atoms with E-state index in [1.54, 1.807) is 20.8 Å². The van der Waals surface area contributed by atoms with E-state index in [4.69, 9.17) is 4.74 Å². The number of hydrogen-bond acceptors (Lipinski definition) is 5. The van der Waals surface area contributed by atoms with Crippen LogP contribution < -0.4 is 0 Å². The minimum absolute atomic E-state index is 0.212. The Morgan fingerprint density at radius 3 is 2.53 bits per heavy atom. The fourth-order valence-corrected chi connectivity index (χ4v) is 2.35. The van der Waals surface area contributed by atoms with Gasteiger partial charge in [0.15, 0.2) is 0 Å². The van der Waals surface area contributed by atoms with Crippen molar-refractivity contribution in [1.29, 1.82) is 0 Å². The van der Waals surface area contributed by atoms with Gasteiger partial charge >= 0.3 is 6.09 Å². The second kappa shape index (κ2) is 3.68. The van der Waals surface area contributed by atoms with Gasteiger partial charge in [-0.05, 0) is 27.2 Å². The third-order valence-electron chi connectivity index (χ3n) is 3.09. The first-order valence-corrected chi connectivity index (χ1v) is 5.64. The Morgan fingerprint density at radius 2 is 2.00 bits per heavy atom. The van der Waals surface area contributed by atoms with Crippen LogP contribution in [0, 0.1) is 5.92 Å². The van der Waals surface area contributed by atoms with E-state index in [1.165, 1.54) is 0 Å². The largest absolute Gasteiger partial charge is 0.443 e. The minimum Gasteiger partial charge on any atom is -0.443 e. The molecule has 17 heavy (non-hydrogen) atoms. The summed E-state index contributed by atoms with van der Waals surface area (Å²) < 4.78 is 5.08. The van der Waals surface area contributed by atoms with Crippen LogP contribution in [0.2, 0.25) is 0 Å². The fourth-order valence-electron chi connectivity index (χ4n) is 2.35. The molecule has 0 aromatic heterocycles. The molecule has 0 spiro atoms. The van der Waals surface area contributed by atoms with Crippen molar-refractivity contribution in [3.8, 4) is 0 Å². The number of nitrogens with zero attached hydrogens (tertiary/aromatic N) is 1. The van der Waals surface area contributed by atoms with Gasteiger partial charge in [0.05, 0.1) is 18.1 Å². The summed E-state index contributed by atoms with van der Waals surface area (Å²) >= 11 is 0. The van der Waals surface area contributed by atoms with E-state index < -0.39 is 35.9 Å². The van der Waals surface area contributed by atoms with Crippen LogP contribution in [0.5, 0.6) is 0 Å². The van der Waals surface area contributed by atoms with Crippen LogP contribution in [0.15, 0.2) is 0 Å². The van der Waals surface area contributed by atoms with Gasteiger partial charge in [0, 0.05) is 0 Å². The van der Waals surface area contributed by atoms with Crippen LogP contribution in [0.1, 0.15) is 27.2 Å². The number of rotatable bonds is 0. The van der Waals surface area contributed by atoms with Crippen LogP contribution in [0.25, 0.3) is 0 Å². The first-order valence-electron chi connectivity index (χ1n) is 5.64. The van der Waals surface area contributed by atoms with E-state index in [0.29, 0.717) is 0 Å². The summed E-state index contributed by atoms with van der Waals surface area (Å²) in [4.78, 5) is 24.3. The van der Waals surface area contributed by atoms with E-state index in [9.17, 15) is 19.8 Å². The lowest BCUT2D eigenvalue weighted by molar-refractivity contribution is -0.156. The van der Waals surface area contributed by atoms with Gasteiger partial charge in [0.25, 0.3) is 0 Å². The zero-order chi connectivity index (χ0) is 13.0. The van der Waals surface area contributed by atoms with Crippen molar-refractivity contribution in [2.45, 2.75) is 51.0 Å². The number of amides is 2. The number of ether oxygens (including phenoxy) is 1. The highest BCUT2D eigenvalue weighted by Crippen LogP contribution is 2.41. The minimum atomic E-state index is -1.06. The molecule has 1 saturated carbocycles. The molecule has 6 nitrogen and oxygen atoms in total. The lowest BCUT2D eigenvalue weighted by Gasteiger charge is -2.42. The number of imide groups is 1. The fraction of sp³-hybridized carbons (Fsp3) is 0.818. The Bertz CT molecular complexity index is 361. The molecule has 96 valence electrons. The van der Waals surface area contributed by atoms with Crippen molar-refractivity contribution < 1.29 is 24.5 Å². The third kappa shape index (κ3) is 1.91. The van der Waals surface area contributed by atoms with Crippen molar-refractivity contribution in [3.63, 3.8) is 0 Å². The van der Waals surface area contributed by atoms with Gasteiger partial charge in [-0.15, -0.1) is 0 Å². The molecule has 6 heteroatoms. The van der Waals surface area contributed by atoms with Gasteiger partial charge in [0.2, 0.25) is 5.91 Å². The summed E-state index contributed by atoms with van der Waals surface area (Å²) in [6.45, 7) is 5.10. The van der Waals surface area contributed by atoms with Crippen molar-refractivity contribution in [2.75, 3.05) is 0 Å². The summed E-state index contributed by atoms with van der Waals surface area (Å²) in [7, 11) is 0. The summed E-state index contributed by atoms with van der Waals surface area (Å²) in [5.74, 6) is -0.827. The van der Waals surface area contributed by atoms with Crippen molar-refractivity contribution >= 4 is 12.0 Å². The van der Waals surface area contributed by atoms with Crippen molar-refractivity contribution in [1.82, 2.24) is 4.90 Å². The SMILES string of the molecule is CC(C)(C)OC(=O)N1C(=O)[C@@H]2C[C@@H](O)[C@@H](O)[C@@H]21. The molecular formula is C11H17NO5. The van der Waals surface area contributed by atoms with E-state index in [1.807, 2.05) is 0 Å². The van der Waals surface area contributed by atoms with Gasteiger partial charge in [-0.25, -0.2) is 9.69 Å². The molecule has 2 fully saturated rings. The molecule has 0 bridgehead atoms. The predicted octanol–water partition coefficient (Wildman–Crippen LogP) is -0.126. The molecule has 0 aromatic rings. The second-order valence-corrected chi connectivity index (χ2v) is 5.58. The number of β-lactam (4-membered cyclic amide) rings is 1. The average molecular weight is 243 g/mol. The maximum absolute atomic E-state index is 11.7. The van der Waals surface area contributed by atoms with Crippen LogP contribution >= 0.6 is 0 Å². The van der Waals surface area contributed by atoms with Gasteiger partial charge in [-0.2, -0.15) is 0 Å². The maximum Gasteiger partial charge on any atom is 0.417 e. The van der Waals surface area contributed by atoms with Crippen molar-refractivity contribution in [2.24, 2.45) is 5.92 Å². The molecule has 2 rings (SSSR count). The number of aliphatic hydroxyl groups is 2. The Morgan fingerprint density at radius 1 is 1.41 bits per heavy atom. The highest BCUT2D eigenvalue weighted by atomic mass is 16.6. The van der Waals surface area contributed by atoms with Crippen molar-refractivity contribution in [3.05, 3.63) is 0 Å². The Hall–Kier alpha value is -1.14. The molecule has 1 saturated heterocycles. The normalized spacial score (nSPS) is 36.5. The lowest BCUT2D eigenvalue weighted by Crippen LogP contribution is -2.65. The molecule has 0 radical (unpaired) electrons. The highest BCUT2D eigenvalue weighted by Gasteiger charge is 2.61. The number of fused-ring (bicyclic) bond motifs is 1. The molecule has 2 N–H and O–H groups in total. The molecule has 2 aliphatic rings. The predicted molar refractivity (Wildman–Crippen MR) is 57.0 cm³/mol. The second-order valence-electron chi connectivity index (χ2n) is 5.58. The number of likely N-dealkylation sites (tertiary alicyclic amines) is 1. The monoisotopic (exact) mass is 243 g/mol. The number of aliphatic hydroxyl groups excluding tert-OH is 2. The summed E-state index contributed by atoms with van der Waals surface area (Å²) in [5.41, 5.74) is -0.690. The third-order valence-corrected chi connectivity index (χ3v) is 3.09. The Labute approximate surface area is 99.2 Å². The molecule has 0 aromatic carbocycles. The molecule has 1 aliphatic heterocycles. The van der Waals surface area contributed by atoms with Gasteiger partial charge in [0.1, 0.15) is 11.7 Å². The molecule has 1 heterocycles. The zero-order valence-electron chi connectivity index (χ0n) is 10.1. The van der Waals surface area contributed by atoms with Gasteiger partial charge in [-0.3, -0.25) is 4.79 Å². The van der Waals surface area contributed by atoms with Gasteiger partial charge < -0.3 is 14.9 Å². The Kier molecular flexibility index (Phi) is 2.67. The highest BCUT2D eigenvalue weighted by molar-refractivity contribution is 6.00. The Balaban J connectivity index is 2.08. The zero-order valence-corrected chi connectivity index (χ0v) is 10.1. The molecule has 2 amide bonds. The topological polar surface area (TPSA) is 87.1 Å². The van der Waals surface area contributed by atoms with Crippen LogP contribution in [0.3, 0.4) is 0 Å². The van der Waals surface area contributed by atoms with E-state index >= 15 is 0 Å². The number of carbonyl (C=O) groups excluding carboxylic acids is 2. The first kappa shape index (κ1) is 12.3. The quantitative estimate of drug-likeness (QED) is 0.579. The lowest BCUT2D eigenvalue weighted by atomic mass is 9.90. The average Bonchev–Trinajstić information content (AvgIpc) is 2.39. The molecule has 1 aliphatic carbocycles. The summed E-state index contributed by atoms with van der Waals surface area (Å²) in [6.07, 6.45) is -2.55. The van der Waals surface area contributed by atoms with E-state index in [0.717, 1.165) is 4.90 Å². The molecule has 0 unspecified atom stereocenters. The van der Waals surface area contributed by atoms with E-state index in [2.05, 4.69) is 0 Å². The summed E-state index contributed by atoms with van der Waals surface area (Å²) in [5, 5.41) is 19.1. The number of carbonyl (C=O) groups is 2. The number of hydrogen-bond donors (Lipinski definition) is 2. The first-order chi connectivity index (χ1) is 7.72.